The molecule has 10 heteroatoms. The zero-order valence-electron chi connectivity index (χ0n) is 79.4. The highest BCUT2D eigenvalue weighted by atomic mass is 32.1. The van der Waals surface area contributed by atoms with Crippen LogP contribution in [0, 0.1) is 13.8 Å². The Bertz CT molecular complexity index is 4570. The number of aryl methyl sites for hydroxylation is 4. The molecule has 2 aliphatic carbocycles. The maximum absolute atomic E-state index is 5.72. The van der Waals surface area contributed by atoms with Gasteiger partial charge >= 0.3 is 0 Å². The van der Waals surface area contributed by atoms with E-state index >= 15 is 0 Å². The van der Waals surface area contributed by atoms with E-state index in [0.717, 1.165) is 29.6 Å². The van der Waals surface area contributed by atoms with Crippen LogP contribution in [0.25, 0.3) is 97.0 Å². The van der Waals surface area contributed by atoms with Gasteiger partial charge < -0.3 is 9.13 Å². The van der Waals surface area contributed by atoms with Crippen LogP contribution in [0.4, 0.5) is 0 Å². The summed E-state index contributed by atoms with van der Waals surface area (Å²) in [5.74, 6) is 0. The van der Waals surface area contributed by atoms with E-state index in [1.807, 2.05) is 11.3 Å². The zero-order chi connectivity index (χ0) is 84.8. The molecule has 0 radical (unpaired) electrons. The van der Waals surface area contributed by atoms with Gasteiger partial charge in [0, 0.05) is 61.1 Å². The van der Waals surface area contributed by atoms with Gasteiger partial charge in [0.2, 0.25) is 0 Å². The number of benzene rings is 4. The van der Waals surface area contributed by atoms with Gasteiger partial charge in [0.25, 0.3) is 0 Å². The number of aromatic nitrogens is 6. The van der Waals surface area contributed by atoms with Crippen molar-refractivity contribution in [2.75, 3.05) is 0 Å². The summed E-state index contributed by atoms with van der Waals surface area (Å²) in [5.41, 5.74) is 24.9. The van der Waals surface area contributed by atoms with Gasteiger partial charge in [-0.25, -0.2) is 0 Å². The first-order valence-electron chi connectivity index (χ1n) is 53.0. The van der Waals surface area contributed by atoms with Crippen molar-refractivity contribution in [2.24, 2.45) is 0 Å². The Morgan fingerprint density at radius 3 is 0.861 bits per heavy atom. The van der Waals surface area contributed by atoms with Gasteiger partial charge in [-0.3, -0.25) is 0 Å². The molecule has 0 spiro atoms. The lowest BCUT2D eigenvalue weighted by Gasteiger charge is -2.35. The summed E-state index contributed by atoms with van der Waals surface area (Å²) in [6, 6.07) is 21.7. The van der Waals surface area contributed by atoms with E-state index in [9.17, 15) is 0 Å². The smallest absolute Gasteiger partial charge is 0.114 e. The maximum Gasteiger partial charge on any atom is 0.114 e. The van der Waals surface area contributed by atoms with Crippen LogP contribution in [0.1, 0.15) is 511 Å². The average Bonchev–Trinajstić information content (AvgIpc) is 1.51. The minimum absolute atomic E-state index is 0.113. The molecule has 6 nitrogen and oxygen atoms in total. The summed E-state index contributed by atoms with van der Waals surface area (Å²) in [4.78, 5) is 2.79. The van der Waals surface area contributed by atoms with E-state index in [1.165, 1.54) is 551 Å². The molecule has 6 aromatic heterocycles. The Hall–Kier alpha value is -4.48. The third kappa shape index (κ3) is 25.5. The van der Waals surface area contributed by atoms with Gasteiger partial charge in [0.1, 0.15) is 22.1 Å². The monoisotopic (exact) mass is 1730 g/mol. The molecule has 0 unspecified atom stereocenters. The Kier molecular flexibility index (Phi) is 41.9. The molecule has 0 fully saturated rings. The second-order valence-corrected chi connectivity index (χ2v) is 43.0. The Morgan fingerprint density at radius 1 is 0.246 bits per heavy atom. The number of hydrogen-bond acceptors (Lipinski definition) is 8. The normalized spacial score (nSPS) is 13.5. The third-order valence-electron chi connectivity index (χ3n) is 29.9. The Morgan fingerprint density at radius 2 is 0.516 bits per heavy atom. The van der Waals surface area contributed by atoms with Crippen molar-refractivity contribution in [1.82, 2.24) is 26.6 Å². The largest absolute Gasteiger partial charge is 0.340 e. The van der Waals surface area contributed by atoms with E-state index in [1.54, 1.807) is 22.3 Å². The number of hydrogen-bond donors (Lipinski definition) is 0. The summed E-state index contributed by atoms with van der Waals surface area (Å²) >= 11 is 7.01. The average molecular weight is 1730 g/mol. The van der Waals surface area contributed by atoms with E-state index in [4.69, 9.17) is 17.5 Å². The first-order valence-corrected chi connectivity index (χ1v) is 56.1. The molecule has 0 saturated carbocycles. The third-order valence-corrected chi connectivity index (χ3v) is 33.2. The molecule has 674 valence electrons. The fourth-order valence-electron chi connectivity index (χ4n) is 22.8. The van der Waals surface area contributed by atoms with Crippen LogP contribution < -0.4 is 0 Å². The molecule has 2 aliphatic rings. The van der Waals surface area contributed by atoms with Crippen molar-refractivity contribution in [2.45, 2.75) is 516 Å². The molecule has 0 N–H and O–H groups in total. The molecule has 0 saturated heterocycles. The maximum atomic E-state index is 5.72. The van der Waals surface area contributed by atoms with Crippen molar-refractivity contribution in [3.05, 3.63) is 81.2 Å². The molecule has 12 rings (SSSR count). The summed E-state index contributed by atoms with van der Waals surface area (Å²) in [6.07, 6.45) is 92.2. The molecular weight excluding hydrogens is 1560 g/mol. The van der Waals surface area contributed by atoms with Crippen LogP contribution in [0.3, 0.4) is 0 Å². The minimum atomic E-state index is -0.184. The van der Waals surface area contributed by atoms with Crippen LogP contribution in [0.15, 0.2) is 48.5 Å². The Balaban J connectivity index is 0.939. The molecule has 10 aromatic rings. The van der Waals surface area contributed by atoms with Gasteiger partial charge in [-0.2, -0.15) is 17.5 Å². The van der Waals surface area contributed by atoms with Gasteiger partial charge in [0.05, 0.1) is 54.9 Å². The van der Waals surface area contributed by atoms with E-state index in [2.05, 4.69) is 124 Å². The van der Waals surface area contributed by atoms with Crippen molar-refractivity contribution >= 4 is 110 Å². The minimum Gasteiger partial charge on any atom is -0.340 e. The predicted octanol–water partition coefficient (Wildman–Crippen LogP) is 39.5. The van der Waals surface area contributed by atoms with Crippen molar-refractivity contribution in [1.29, 1.82) is 0 Å². The van der Waals surface area contributed by atoms with Crippen LogP contribution in [-0.2, 0) is 23.9 Å². The van der Waals surface area contributed by atoms with Gasteiger partial charge in [0.15, 0.2) is 0 Å². The summed E-state index contributed by atoms with van der Waals surface area (Å²) in [5, 5.41) is 2.88. The lowest BCUT2D eigenvalue weighted by atomic mass is 9.68. The molecule has 6 heterocycles. The topological polar surface area (TPSA) is 61.4 Å². The van der Waals surface area contributed by atoms with Gasteiger partial charge in [-0.05, 0) is 134 Å². The quantitative estimate of drug-likeness (QED) is 0.0357. The predicted molar refractivity (Wildman–Crippen MR) is 545 cm³/mol. The zero-order valence-corrected chi connectivity index (χ0v) is 82.7. The first-order chi connectivity index (χ1) is 60.2. The summed E-state index contributed by atoms with van der Waals surface area (Å²) in [7, 11) is 0. The van der Waals surface area contributed by atoms with Crippen LogP contribution in [0.5, 0.6) is 0 Å². The number of rotatable bonds is 71. The molecule has 4 aromatic carbocycles. The second-order valence-electron chi connectivity index (χ2n) is 39.6. The highest BCUT2D eigenvalue weighted by Gasteiger charge is 2.50. The highest BCUT2D eigenvalue weighted by Crippen LogP contribution is 2.64. The van der Waals surface area contributed by atoms with Crippen LogP contribution >= 0.6 is 46.1 Å². The SMILES string of the molecule is CCCCCCCCCCCCCCCCC1(CCCCCCCCCCCCCCCC)c2cc3c(cc2-c2c1cc(C)c1nsnc21)C(CCCCCCCCCCCCCCCC)(CCCCCCCCCCCCCCCC)c1cc(-c2cc4c(s2)c2cc5c(cc2n4CCCCCC)c2sc(C)cc2n5CCCCCC)c2nsnc2c1-3. The number of thiophene rings is 2. The molecule has 0 amide bonds. The molecular formula is C112H172N6S4. The Labute approximate surface area is 761 Å². The molecule has 0 aliphatic heterocycles. The number of fused-ring (bicyclic) bond motifs is 16. The number of unbranched alkanes of at least 4 members (excludes halogenated alkanes) is 58. The van der Waals surface area contributed by atoms with Crippen molar-refractivity contribution in [3.8, 4) is 32.7 Å². The standard InChI is InChI=1S/C112H172N6S4/c1-9-15-21-27-31-35-39-43-47-51-55-59-63-67-73-111(74-68-64-60-56-52-48-44-40-36-32-28-22-16-10-2)94-82-90-95(81-89(94)103-96(111)79-87(7)105-107(103)115-121-113-105)112(75-69-65-61-57-53-49-45-41-37-33-29-23-17-11-3,76-70-66-62-58-54-50-46-42-38-34-30-24-18-12-4)97-83-93(106-108(104(90)97)116-122-114-106)102-86-101-110(120-102)92-85-98-91(84-99(92)118(101)78-72-26-20-14-6)109-100(80-88(8)119-109)117(98)77-71-25-19-13-5/h79-86H,9-78H2,1-8H3. The first kappa shape index (κ1) is 96.6. The lowest BCUT2D eigenvalue weighted by Crippen LogP contribution is -2.27. The van der Waals surface area contributed by atoms with Crippen LogP contribution in [0.2, 0.25) is 0 Å². The number of nitrogens with zero attached hydrogens (tertiary/aromatic N) is 6. The van der Waals surface area contributed by atoms with Gasteiger partial charge in [-0.15, -0.1) is 22.7 Å². The fourth-order valence-corrected chi connectivity index (χ4v) is 26.2. The lowest BCUT2D eigenvalue weighted by molar-refractivity contribution is 0.393. The van der Waals surface area contributed by atoms with Crippen molar-refractivity contribution < 1.29 is 0 Å². The summed E-state index contributed by atoms with van der Waals surface area (Å²) < 4.78 is 30.4. The molecule has 0 bridgehead atoms. The van der Waals surface area contributed by atoms with E-state index in [-0.39, 0.29) is 10.8 Å². The second kappa shape index (κ2) is 52.9. The van der Waals surface area contributed by atoms with E-state index < -0.39 is 0 Å². The summed E-state index contributed by atoms with van der Waals surface area (Å²) in [6.45, 7) is 20.9. The molecule has 0 atom stereocenters. The van der Waals surface area contributed by atoms with E-state index in [0.29, 0.717) is 0 Å². The van der Waals surface area contributed by atoms with Crippen LogP contribution in [-0.4, -0.2) is 26.6 Å². The highest BCUT2D eigenvalue weighted by molar-refractivity contribution is 7.23. The molecule has 122 heavy (non-hydrogen) atoms. The van der Waals surface area contributed by atoms with Crippen molar-refractivity contribution in [3.63, 3.8) is 0 Å². The van der Waals surface area contributed by atoms with Gasteiger partial charge in [-0.1, -0.05) is 446 Å². The fraction of sp³-hybridized carbons (Fsp3) is 0.714.